The van der Waals surface area contributed by atoms with E-state index in [4.69, 9.17) is 9.15 Å². The minimum Gasteiger partial charge on any atom is -0.499 e. The lowest BCUT2D eigenvalue weighted by Crippen LogP contribution is -1.94. The monoisotopic (exact) mass is 689 g/mol. The fraction of sp³-hybridized carbons (Fsp3) is 0.458. The number of hydrogen-bond acceptors (Lipinski definition) is 2. The Morgan fingerprint density at radius 2 is 1.14 bits per heavy atom. The first-order valence-electron chi connectivity index (χ1n) is 18.9. The van der Waals surface area contributed by atoms with Crippen LogP contribution in [-0.4, -0.2) is 6.61 Å². The molecule has 0 saturated carbocycles. The molecule has 2 heteroatoms. The number of rotatable bonds is 9. The standard InChI is InChI=1S/C12H14.C11H16O2.C10H12.C6H12.C3H8.3C2H6/c1-10(2)11(3)9-12-7-5-4-6-8-12;1-4-12-10(3)9(2)8-11-6-5-7-13-11;1-3-9(2)10-7-5-4-6-8-10;1-5(2)6(3)4;1-3-2;3*1-2/h4-8H,1,3,9H2,2H3;5-7H,4,8H2,1-3H3;3-8H,1-2H3;6H,1H2,2-4H3;3H2,1-2H3;3*1-2H3/b;10-9-;9-3+;;;;;. The second-order valence-electron chi connectivity index (χ2n) is 11.1. The summed E-state index contributed by atoms with van der Waals surface area (Å²) in [7, 11) is 0. The van der Waals surface area contributed by atoms with Gasteiger partial charge in [-0.05, 0) is 101 Å². The molecule has 3 rings (SSSR count). The van der Waals surface area contributed by atoms with E-state index in [0.29, 0.717) is 5.92 Å². The van der Waals surface area contributed by atoms with Gasteiger partial charge in [-0.3, -0.25) is 0 Å². The molecule has 0 N–H and O–H groups in total. The average Bonchev–Trinajstić information content (AvgIpc) is 3.65. The number of hydrogen-bond donors (Lipinski definition) is 0. The number of allylic oxidation sites excluding steroid dienone is 7. The van der Waals surface area contributed by atoms with Crippen LogP contribution in [-0.2, 0) is 17.6 Å². The van der Waals surface area contributed by atoms with Crippen molar-refractivity contribution in [2.45, 2.75) is 137 Å². The van der Waals surface area contributed by atoms with Crippen LogP contribution in [0.2, 0.25) is 0 Å². The van der Waals surface area contributed by atoms with E-state index < -0.39 is 0 Å². The van der Waals surface area contributed by atoms with Crippen LogP contribution in [0.15, 0.2) is 137 Å². The van der Waals surface area contributed by atoms with Crippen molar-refractivity contribution in [2.75, 3.05) is 6.61 Å². The van der Waals surface area contributed by atoms with Crippen molar-refractivity contribution >= 4 is 5.57 Å². The highest BCUT2D eigenvalue weighted by Crippen LogP contribution is 2.14. The maximum absolute atomic E-state index is 5.39. The van der Waals surface area contributed by atoms with Crippen LogP contribution in [0.1, 0.15) is 141 Å². The number of ether oxygens (including phenoxy) is 1. The smallest absolute Gasteiger partial charge is 0.107 e. The Bertz CT molecular complexity index is 1210. The lowest BCUT2D eigenvalue weighted by Gasteiger charge is -2.06. The Labute approximate surface area is 313 Å². The average molecular weight is 689 g/mol. The molecule has 0 atom stereocenters. The normalized spacial score (nSPS) is 9.68. The van der Waals surface area contributed by atoms with Crippen LogP contribution in [0, 0.1) is 5.92 Å². The molecule has 3 aromatic rings. The Kier molecular flexibility index (Phi) is 46.0. The van der Waals surface area contributed by atoms with Crippen LogP contribution in [0.3, 0.4) is 0 Å². The van der Waals surface area contributed by atoms with Crippen molar-refractivity contribution in [3.05, 3.63) is 150 Å². The Morgan fingerprint density at radius 1 is 0.700 bits per heavy atom. The van der Waals surface area contributed by atoms with E-state index in [-0.39, 0.29) is 0 Å². The lowest BCUT2D eigenvalue weighted by atomic mass is 10.0. The summed E-state index contributed by atoms with van der Waals surface area (Å²) in [5, 5.41) is 0. The summed E-state index contributed by atoms with van der Waals surface area (Å²) >= 11 is 0. The summed E-state index contributed by atoms with van der Waals surface area (Å²) in [6.07, 6.45) is 6.81. The second kappa shape index (κ2) is 41.4. The summed E-state index contributed by atoms with van der Waals surface area (Å²) in [6, 6.07) is 24.6. The maximum Gasteiger partial charge on any atom is 0.107 e. The van der Waals surface area contributed by atoms with E-state index in [2.05, 4.69) is 111 Å². The molecule has 284 valence electrons. The summed E-state index contributed by atoms with van der Waals surface area (Å²) < 4.78 is 10.6. The molecule has 0 aliphatic carbocycles. The Balaban J connectivity index is -0.000000170. The molecule has 1 aromatic heterocycles. The van der Waals surface area contributed by atoms with Gasteiger partial charge in [-0.2, -0.15) is 0 Å². The predicted octanol–water partition coefficient (Wildman–Crippen LogP) is 16.3. The molecule has 50 heavy (non-hydrogen) atoms. The van der Waals surface area contributed by atoms with Crippen LogP contribution in [0.4, 0.5) is 0 Å². The van der Waals surface area contributed by atoms with Gasteiger partial charge >= 0.3 is 0 Å². The molecule has 0 saturated heterocycles. The molecular formula is C48H80O2. The van der Waals surface area contributed by atoms with Crippen molar-refractivity contribution in [1.29, 1.82) is 0 Å². The van der Waals surface area contributed by atoms with E-state index in [0.717, 1.165) is 42.1 Å². The highest BCUT2D eigenvalue weighted by molar-refractivity contribution is 5.62. The first kappa shape index (κ1) is 55.6. The third-order valence-electron chi connectivity index (χ3n) is 6.49. The minimum atomic E-state index is 0.657. The van der Waals surface area contributed by atoms with Gasteiger partial charge in [-0.25, -0.2) is 0 Å². The predicted molar refractivity (Wildman–Crippen MR) is 232 cm³/mol. The molecule has 2 aromatic carbocycles. The molecule has 0 amide bonds. The maximum atomic E-state index is 5.39. The topological polar surface area (TPSA) is 22.4 Å². The first-order chi connectivity index (χ1) is 23.8. The molecule has 0 aliphatic rings. The van der Waals surface area contributed by atoms with Gasteiger partial charge in [-0.15, -0.1) is 0 Å². The van der Waals surface area contributed by atoms with Crippen LogP contribution in [0.25, 0.3) is 5.57 Å². The second-order valence-corrected chi connectivity index (χ2v) is 11.1. The zero-order valence-electron chi connectivity index (χ0n) is 35.9. The summed E-state index contributed by atoms with van der Waals surface area (Å²) in [5.41, 5.74) is 8.60. The highest BCUT2D eigenvalue weighted by Gasteiger charge is 2.01. The highest BCUT2D eigenvalue weighted by atomic mass is 16.5. The van der Waals surface area contributed by atoms with Gasteiger partial charge in [0.15, 0.2) is 0 Å². The lowest BCUT2D eigenvalue weighted by molar-refractivity contribution is 0.226. The first-order valence-corrected chi connectivity index (χ1v) is 18.9. The van der Waals surface area contributed by atoms with Gasteiger partial charge in [-0.1, -0.05) is 173 Å². The fourth-order valence-electron chi connectivity index (χ4n) is 3.00. The molecule has 0 bridgehead atoms. The number of benzene rings is 2. The molecule has 0 spiro atoms. The van der Waals surface area contributed by atoms with Crippen molar-refractivity contribution in [3.63, 3.8) is 0 Å². The van der Waals surface area contributed by atoms with Crippen LogP contribution >= 0.6 is 0 Å². The van der Waals surface area contributed by atoms with Gasteiger partial charge in [0.25, 0.3) is 0 Å². The van der Waals surface area contributed by atoms with E-state index in [1.165, 1.54) is 34.3 Å². The van der Waals surface area contributed by atoms with E-state index in [1.54, 1.807) is 6.26 Å². The Hall–Kier alpha value is -3.78. The van der Waals surface area contributed by atoms with Crippen LogP contribution in [0.5, 0.6) is 0 Å². The molecule has 1 heterocycles. The molecule has 0 radical (unpaired) electrons. The minimum absolute atomic E-state index is 0.657. The van der Waals surface area contributed by atoms with Gasteiger partial charge in [0.05, 0.1) is 18.6 Å². The molecule has 0 aliphatic heterocycles. The molecule has 0 fully saturated rings. The van der Waals surface area contributed by atoms with Gasteiger partial charge in [0.2, 0.25) is 0 Å². The van der Waals surface area contributed by atoms with Gasteiger partial charge in [0.1, 0.15) is 5.76 Å². The van der Waals surface area contributed by atoms with Gasteiger partial charge < -0.3 is 9.15 Å². The van der Waals surface area contributed by atoms with Crippen molar-refractivity contribution < 1.29 is 9.15 Å². The largest absolute Gasteiger partial charge is 0.499 e. The molecule has 2 nitrogen and oxygen atoms in total. The zero-order chi connectivity index (χ0) is 39.9. The quantitative estimate of drug-likeness (QED) is 0.127. The number of furan rings is 1. The van der Waals surface area contributed by atoms with E-state index in [1.807, 2.05) is 106 Å². The van der Waals surface area contributed by atoms with Crippen molar-refractivity contribution in [2.24, 2.45) is 5.92 Å². The summed E-state index contributed by atoms with van der Waals surface area (Å²) in [5.74, 6) is 2.64. The SMILES string of the molecule is C/C=C(\C)c1ccccc1.C=C(C)C(=C)Cc1ccccc1.C=C(C)C(C)C.CC.CC.CC.CCC.CCO/C(C)=C(/C)Cc1ccco1. The molecular weight excluding hydrogens is 609 g/mol. The van der Waals surface area contributed by atoms with E-state index >= 15 is 0 Å². The third-order valence-corrected chi connectivity index (χ3v) is 6.49. The van der Waals surface area contributed by atoms with Crippen molar-refractivity contribution in [1.82, 2.24) is 0 Å². The van der Waals surface area contributed by atoms with E-state index in [9.17, 15) is 0 Å². The summed E-state index contributed by atoms with van der Waals surface area (Å²) in [6.45, 7) is 47.1. The third kappa shape index (κ3) is 35.5. The van der Waals surface area contributed by atoms with Crippen LogP contribution < -0.4 is 0 Å². The van der Waals surface area contributed by atoms with Gasteiger partial charge in [0, 0.05) is 6.42 Å². The fourth-order valence-corrected chi connectivity index (χ4v) is 3.00. The Morgan fingerprint density at radius 3 is 1.48 bits per heavy atom. The summed E-state index contributed by atoms with van der Waals surface area (Å²) in [4.78, 5) is 0. The zero-order valence-corrected chi connectivity index (χ0v) is 35.9. The molecule has 0 unspecified atom stereocenters. The van der Waals surface area contributed by atoms with Crippen molar-refractivity contribution in [3.8, 4) is 0 Å².